The van der Waals surface area contributed by atoms with E-state index < -0.39 is 11.7 Å². The van der Waals surface area contributed by atoms with Gasteiger partial charge in [-0.15, -0.1) is 0 Å². The first-order valence-corrected chi connectivity index (χ1v) is 9.89. The topological polar surface area (TPSA) is 96.5 Å². The predicted molar refractivity (Wildman–Crippen MR) is 117 cm³/mol. The molecule has 3 amide bonds. The van der Waals surface area contributed by atoms with Gasteiger partial charge < -0.3 is 20.7 Å². The maximum Gasteiger partial charge on any atom is 0.407 e. The van der Waals surface area contributed by atoms with Crippen molar-refractivity contribution in [3.8, 4) is 0 Å². The summed E-state index contributed by atoms with van der Waals surface area (Å²) >= 11 is 5.84. The zero-order chi connectivity index (χ0) is 22.1. The van der Waals surface area contributed by atoms with Gasteiger partial charge in [0.25, 0.3) is 5.91 Å². The SMILES string of the molecule is CC(C)(C)OC(=O)NCCC(=O)NCc1cccc(NC(=O)c2ccc(Cl)cc2)c1. The molecular weight excluding hydrogens is 406 g/mol. The van der Waals surface area contributed by atoms with Crippen molar-refractivity contribution in [3.05, 3.63) is 64.7 Å². The van der Waals surface area contributed by atoms with Crippen LogP contribution in [0.15, 0.2) is 48.5 Å². The molecule has 30 heavy (non-hydrogen) atoms. The van der Waals surface area contributed by atoms with Gasteiger partial charge >= 0.3 is 6.09 Å². The van der Waals surface area contributed by atoms with Gasteiger partial charge in [0.1, 0.15) is 5.60 Å². The molecule has 0 aromatic heterocycles. The number of nitrogens with one attached hydrogen (secondary N) is 3. The molecule has 2 aromatic carbocycles. The van der Waals surface area contributed by atoms with Crippen molar-refractivity contribution in [1.29, 1.82) is 0 Å². The van der Waals surface area contributed by atoms with Gasteiger partial charge in [-0.25, -0.2) is 4.79 Å². The van der Waals surface area contributed by atoms with E-state index in [0.29, 0.717) is 22.8 Å². The summed E-state index contributed by atoms with van der Waals surface area (Å²) < 4.78 is 5.11. The molecule has 7 nitrogen and oxygen atoms in total. The van der Waals surface area contributed by atoms with Gasteiger partial charge in [-0.05, 0) is 62.7 Å². The first kappa shape index (κ1) is 23.2. The van der Waals surface area contributed by atoms with Crippen LogP contribution in [0.1, 0.15) is 43.1 Å². The number of halogens is 1. The summed E-state index contributed by atoms with van der Waals surface area (Å²) in [6.45, 7) is 5.79. The summed E-state index contributed by atoms with van der Waals surface area (Å²) in [5.74, 6) is -0.456. The Morgan fingerprint density at radius 1 is 1.00 bits per heavy atom. The van der Waals surface area contributed by atoms with Crippen LogP contribution in [-0.2, 0) is 16.1 Å². The number of alkyl carbamates (subject to hydrolysis) is 1. The minimum Gasteiger partial charge on any atom is -0.444 e. The van der Waals surface area contributed by atoms with Crippen molar-refractivity contribution in [3.63, 3.8) is 0 Å². The van der Waals surface area contributed by atoms with E-state index in [0.717, 1.165) is 5.56 Å². The van der Waals surface area contributed by atoms with Crippen LogP contribution in [0.5, 0.6) is 0 Å². The Labute approximate surface area is 181 Å². The van der Waals surface area contributed by atoms with E-state index in [4.69, 9.17) is 16.3 Å². The zero-order valence-electron chi connectivity index (χ0n) is 17.3. The highest BCUT2D eigenvalue weighted by Gasteiger charge is 2.15. The van der Waals surface area contributed by atoms with Gasteiger partial charge in [-0.2, -0.15) is 0 Å². The number of hydrogen-bond donors (Lipinski definition) is 3. The van der Waals surface area contributed by atoms with Crippen molar-refractivity contribution in [1.82, 2.24) is 10.6 Å². The van der Waals surface area contributed by atoms with Crippen LogP contribution in [0.4, 0.5) is 10.5 Å². The lowest BCUT2D eigenvalue weighted by molar-refractivity contribution is -0.121. The fraction of sp³-hybridized carbons (Fsp3) is 0.318. The quantitative estimate of drug-likeness (QED) is 0.614. The second-order valence-electron chi connectivity index (χ2n) is 7.62. The van der Waals surface area contributed by atoms with E-state index in [1.54, 1.807) is 63.2 Å². The van der Waals surface area contributed by atoms with Gasteiger partial charge in [0.05, 0.1) is 0 Å². The summed E-state index contributed by atoms with van der Waals surface area (Å²) in [7, 11) is 0. The zero-order valence-corrected chi connectivity index (χ0v) is 18.0. The highest BCUT2D eigenvalue weighted by atomic mass is 35.5. The molecule has 0 bridgehead atoms. The molecule has 0 unspecified atom stereocenters. The Balaban J connectivity index is 1.78. The van der Waals surface area contributed by atoms with E-state index in [-0.39, 0.29) is 24.8 Å². The number of amides is 3. The molecule has 0 fully saturated rings. The molecule has 0 radical (unpaired) electrons. The maximum absolute atomic E-state index is 12.3. The number of benzene rings is 2. The molecule has 2 rings (SSSR count). The van der Waals surface area contributed by atoms with Gasteiger partial charge in [0, 0.05) is 35.8 Å². The Kier molecular flexibility index (Phi) is 8.24. The number of ether oxygens (including phenoxy) is 1. The third kappa shape index (κ3) is 8.53. The fourth-order valence-corrected chi connectivity index (χ4v) is 2.57. The van der Waals surface area contributed by atoms with Crippen molar-refractivity contribution in [2.45, 2.75) is 39.3 Å². The fourth-order valence-electron chi connectivity index (χ4n) is 2.44. The average Bonchev–Trinajstić information content (AvgIpc) is 2.66. The minimum atomic E-state index is -0.583. The molecule has 160 valence electrons. The third-order valence-electron chi connectivity index (χ3n) is 3.80. The second kappa shape index (κ2) is 10.6. The molecule has 0 aliphatic carbocycles. The molecule has 2 aromatic rings. The summed E-state index contributed by atoms with van der Waals surface area (Å²) in [5.41, 5.74) is 1.36. The molecule has 0 aliphatic heterocycles. The first-order chi connectivity index (χ1) is 14.1. The Hall–Kier alpha value is -3.06. The van der Waals surface area contributed by atoms with E-state index in [1.807, 2.05) is 6.07 Å². The summed E-state index contributed by atoms with van der Waals surface area (Å²) in [6.07, 6.45) is -0.425. The van der Waals surface area contributed by atoms with E-state index in [9.17, 15) is 14.4 Å². The van der Waals surface area contributed by atoms with Crippen LogP contribution in [0, 0.1) is 0 Å². The standard InChI is InChI=1S/C22H26ClN3O4/c1-22(2,3)30-21(29)24-12-11-19(27)25-14-15-5-4-6-18(13-15)26-20(28)16-7-9-17(23)10-8-16/h4-10,13H,11-12,14H2,1-3H3,(H,24,29)(H,25,27)(H,26,28). The van der Waals surface area contributed by atoms with Crippen molar-refractivity contribution in [2.24, 2.45) is 0 Å². The lowest BCUT2D eigenvalue weighted by Crippen LogP contribution is -2.35. The molecule has 0 atom stereocenters. The molecule has 0 saturated carbocycles. The second-order valence-corrected chi connectivity index (χ2v) is 8.05. The summed E-state index contributed by atoms with van der Waals surface area (Å²) in [5, 5.41) is 8.70. The summed E-state index contributed by atoms with van der Waals surface area (Å²) in [6, 6.07) is 13.8. The molecule has 3 N–H and O–H groups in total. The van der Waals surface area contributed by atoms with Gasteiger partial charge in [-0.1, -0.05) is 23.7 Å². The van der Waals surface area contributed by atoms with Crippen LogP contribution in [-0.4, -0.2) is 30.1 Å². The maximum atomic E-state index is 12.3. The summed E-state index contributed by atoms with van der Waals surface area (Å²) in [4.78, 5) is 35.8. The monoisotopic (exact) mass is 431 g/mol. The van der Waals surface area contributed by atoms with Crippen molar-refractivity contribution in [2.75, 3.05) is 11.9 Å². The van der Waals surface area contributed by atoms with E-state index >= 15 is 0 Å². The largest absolute Gasteiger partial charge is 0.444 e. The van der Waals surface area contributed by atoms with E-state index in [2.05, 4.69) is 16.0 Å². The third-order valence-corrected chi connectivity index (χ3v) is 4.05. The first-order valence-electron chi connectivity index (χ1n) is 9.52. The smallest absolute Gasteiger partial charge is 0.407 e. The molecule has 0 aliphatic rings. The lowest BCUT2D eigenvalue weighted by Gasteiger charge is -2.19. The molecular formula is C22H26ClN3O4. The van der Waals surface area contributed by atoms with Crippen molar-refractivity contribution >= 4 is 35.2 Å². The normalized spacial score (nSPS) is 10.8. The Morgan fingerprint density at radius 2 is 1.70 bits per heavy atom. The van der Waals surface area contributed by atoms with Crippen LogP contribution in [0.2, 0.25) is 5.02 Å². The number of anilines is 1. The Bertz CT molecular complexity index is 892. The van der Waals surface area contributed by atoms with Crippen LogP contribution < -0.4 is 16.0 Å². The van der Waals surface area contributed by atoms with Crippen LogP contribution in [0.3, 0.4) is 0 Å². The van der Waals surface area contributed by atoms with E-state index in [1.165, 1.54) is 0 Å². The predicted octanol–water partition coefficient (Wildman–Crippen LogP) is 4.12. The lowest BCUT2D eigenvalue weighted by atomic mass is 10.1. The Morgan fingerprint density at radius 3 is 2.37 bits per heavy atom. The number of hydrogen-bond acceptors (Lipinski definition) is 4. The molecule has 0 spiro atoms. The highest BCUT2D eigenvalue weighted by molar-refractivity contribution is 6.30. The van der Waals surface area contributed by atoms with Crippen molar-refractivity contribution < 1.29 is 19.1 Å². The average molecular weight is 432 g/mol. The van der Waals surface area contributed by atoms with Gasteiger partial charge in [-0.3, -0.25) is 9.59 Å². The van der Waals surface area contributed by atoms with Crippen LogP contribution in [0.25, 0.3) is 0 Å². The molecule has 0 heterocycles. The van der Waals surface area contributed by atoms with Gasteiger partial charge in [0.15, 0.2) is 0 Å². The molecule has 0 saturated heterocycles. The highest BCUT2D eigenvalue weighted by Crippen LogP contribution is 2.14. The minimum absolute atomic E-state index is 0.131. The molecule has 8 heteroatoms. The number of carbonyl (C=O) groups excluding carboxylic acids is 3. The van der Waals surface area contributed by atoms with Crippen LogP contribution >= 0.6 is 11.6 Å². The number of carbonyl (C=O) groups is 3. The van der Waals surface area contributed by atoms with Gasteiger partial charge in [0.2, 0.25) is 5.91 Å². The number of rotatable bonds is 7.